The van der Waals surface area contributed by atoms with Crippen LogP contribution in [0, 0.1) is 10.1 Å². The minimum absolute atomic E-state index is 0.184. The fourth-order valence-corrected chi connectivity index (χ4v) is 2.74. The smallest absolute Gasteiger partial charge is 0.427 e. The fraction of sp³-hybridized carbons (Fsp3) is 0.111. The largest absolute Gasteiger partial charge is 0.452 e. The highest BCUT2D eigenvalue weighted by atomic mass is 35.5. The number of nitro benzene ring substituents is 1. The zero-order valence-electron chi connectivity index (χ0n) is 15.3. The van der Waals surface area contributed by atoms with Gasteiger partial charge in [-0.25, -0.2) is 15.2 Å². The number of nitro groups is 1. The van der Waals surface area contributed by atoms with Gasteiger partial charge in [0.15, 0.2) is 5.69 Å². The first-order valence-corrected chi connectivity index (χ1v) is 8.72. The molecule has 154 valence electrons. The summed E-state index contributed by atoms with van der Waals surface area (Å²) in [7, 11) is 1.11. The molecule has 0 aliphatic heterocycles. The first kappa shape index (κ1) is 20.9. The molecule has 0 unspecified atom stereocenters. The number of rotatable bonds is 5. The number of aromatic amines is 1. The Morgan fingerprint density at radius 3 is 2.67 bits per heavy atom. The number of methoxy groups -OCH3 is 1. The number of non-ortho nitro benzene ring substituents is 1. The van der Waals surface area contributed by atoms with Crippen LogP contribution in [0.25, 0.3) is 11.0 Å². The number of aliphatic hydroxyl groups excluding tert-OH is 1. The molecule has 12 heteroatoms. The van der Waals surface area contributed by atoms with Gasteiger partial charge in [0.1, 0.15) is 11.8 Å². The summed E-state index contributed by atoms with van der Waals surface area (Å²) in [6.45, 7) is 0. The van der Waals surface area contributed by atoms with Gasteiger partial charge < -0.3 is 14.8 Å². The molecule has 1 heterocycles. The first-order valence-electron chi connectivity index (χ1n) is 8.34. The molecule has 0 radical (unpaired) electrons. The van der Waals surface area contributed by atoms with E-state index in [1.54, 1.807) is 12.1 Å². The number of nitrogens with zero attached hydrogens (tertiary/aromatic N) is 3. The number of fused-ring (bicyclic) bond motifs is 1. The lowest BCUT2D eigenvalue weighted by atomic mass is 10.0. The molecule has 3 N–H and O–H groups in total. The third-order valence-electron chi connectivity index (χ3n) is 4.03. The summed E-state index contributed by atoms with van der Waals surface area (Å²) in [5.41, 5.74) is 1.49. The van der Waals surface area contributed by atoms with Crippen molar-refractivity contribution in [3.63, 3.8) is 0 Å². The molecule has 0 spiro atoms. The molecule has 3 aromatic rings. The molecule has 0 saturated carbocycles. The third kappa shape index (κ3) is 4.42. The van der Waals surface area contributed by atoms with E-state index in [-0.39, 0.29) is 22.7 Å². The van der Waals surface area contributed by atoms with E-state index in [0.29, 0.717) is 16.1 Å². The van der Waals surface area contributed by atoms with E-state index < -0.39 is 22.7 Å². The highest BCUT2D eigenvalue weighted by Gasteiger charge is 2.23. The summed E-state index contributed by atoms with van der Waals surface area (Å²) < 4.78 is 4.44. The van der Waals surface area contributed by atoms with Crippen molar-refractivity contribution in [3.05, 3.63) is 79.2 Å². The van der Waals surface area contributed by atoms with Gasteiger partial charge in [-0.1, -0.05) is 11.6 Å². The van der Waals surface area contributed by atoms with Gasteiger partial charge in [0.25, 0.3) is 11.2 Å². The van der Waals surface area contributed by atoms with E-state index in [0.717, 1.165) is 7.11 Å². The number of H-pyrrole nitrogens is 1. The topological polar surface area (TPSA) is 160 Å². The second-order valence-corrected chi connectivity index (χ2v) is 6.36. The monoisotopic (exact) mass is 431 g/mol. The number of benzene rings is 2. The maximum Gasteiger partial charge on any atom is 0.427 e. The summed E-state index contributed by atoms with van der Waals surface area (Å²) in [6, 6.07) is 9.59. The van der Waals surface area contributed by atoms with Crippen molar-refractivity contribution >= 4 is 40.1 Å². The maximum absolute atomic E-state index is 12.6. The van der Waals surface area contributed by atoms with E-state index in [4.69, 9.17) is 11.6 Å². The summed E-state index contributed by atoms with van der Waals surface area (Å²) >= 11 is 5.92. The zero-order valence-corrected chi connectivity index (χ0v) is 16.1. The molecule has 30 heavy (non-hydrogen) atoms. The van der Waals surface area contributed by atoms with Crippen molar-refractivity contribution in [2.45, 2.75) is 6.10 Å². The Bertz CT molecular complexity index is 1210. The van der Waals surface area contributed by atoms with Gasteiger partial charge in [-0.3, -0.25) is 14.9 Å². The molecule has 0 saturated heterocycles. The average molecular weight is 432 g/mol. The Kier molecular flexibility index (Phi) is 6.04. The molecule has 0 bridgehead atoms. The first-order chi connectivity index (χ1) is 14.3. The van der Waals surface area contributed by atoms with E-state index in [9.17, 15) is 24.8 Å². The van der Waals surface area contributed by atoms with Gasteiger partial charge in [-0.05, 0) is 35.9 Å². The maximum atomic E-state index is 12.6. The number of halogens is 1. The highest BCUT2D eigenvalue weighted by Crippen LogP contribution is 2.22. The van der Waals surface area contributed by atoms with Gasteiger partial charge in [0, 0.05) is 17.2 Å². The number of carbonyl (C=O) groups excluding carboxylic acids is 1. The van der Waals surface area contributed by atoms with Gasteiger partial charge in [0.2, 0.25) is 0 Å². The van der Waals surface area contributed by atoms with Crippen LogP contribution in [0.5, 0.6) is 0 Å². The molecular formula is C18H14ClN5O6. The van der Waals surface area contributed by atoms with Crippen molar-refractivity contribution in [1.29, 1.82) is 0 Å². The van der Waals surface area contributed by atoms with Crippen LogP contribution >= 0.6 is 11.6 Å². The molecule has 0 fully saturated rings. The normalized spacial score (nSPS) is 12.4. The van der Waals surface area contributed by atoms with Crippen LogP contribution in [0.15, 0.2) is 52.4 Å². The average Bonchev–Trinajstić information content (AvgIpc) is 2.73. The number of amides is 1. The highest BCUT2D eigenvalue weighted by molar-refractivity contribution is 6.31. The van der Waals surface area contributed by atoms with Gasteiger partial charge in [-0.15, -0.1) is 0 Å². The van der Waals surface area contributed by atoms with Crippen LogP contribution in [0.3, 0.4) is 0 Å². The molecule has 0 aliphatic rings. The fourth-order valence-electron chi connectivity index (χ4n) is 2.56. The van der Waals surface area contributed by atoms with Crippen LogP contribution in [-0.4, -0.2) is 38.9 Å². The molecule has 3 rings (SSSR count). The lowest BCUT2D eigenvalue weighted by Gasteiger charge is -2.14. The standard InChI is InChI=1S/C18H14ClN5O6/c1-30-18(27)23-22-14(16(25)9-2-5-11(6-3-9)24(28)29)15-17(26)21-13-8-10(19)4-7-12(13)20-15/h2-8,16,25H,1H3,(H,21,26)(H,23,27)/b22-14+/t16-/m1/s1. The molecule has 11 nitrogen and oxygen atoms in total. The summed E-state index contributed by atoms with van der Waals surface area (Å²) in [4.78, 5) is 41.1. The summed E-state index contributed by atoms with van der Waals surface area (Å²) in [5, 5.41) is 25.8. The lowest BCUT2D eigenvalue weighted by Crippen LogP contribution is -2.29. The Morgan fingerprint density at radius 1 is 1.33 bits per heavy atom. The van der Waals surface area contributed by atoms with Gasteiger partial charge in [0.05, 0.1) is 23.1 Å². The molecule has 2 aromatic carbocycles. The number of aliphatic hydroxyl groups is 1. The second kappa shape index (κ2) is 8.68. The van der Waals surface area contributed by atoms with E-state index in [1.807, 2.05) is 5.43 Å². The number of hydrogen-bond acceptors (Lipinski definition) is 8. The predicted octanol–water partition coefficient (Wildman–Crippen LogP) is 2.28. The van der Waals surface area contributed by atoms with E-state index in [2.05, 4.69) is 19.8 Å². The van der Waals surface area contributed by atoms with Gasteiger partial charge in [-0.2, -0.15) is 5.10 Å². The number of hydrogen-bond donors (Lipinski definition) is 3. The van der Waals surface area contributed by atoms with E-state index >= 15 is 0 Å². The second-order valence-electron chi connectivity index (χ2n) is 5.93. The molecule has 1 atom stereocenters. The Balaban J connectivity index is 2.11. The lowest BCUT2D eigenvalue weighted by molar-refractivity contribution is -0.384. The van der Waals surface area contributed by atoms with Gasteiger partial charge >= 0.3 is 6.09 Å². The van der Waals surface area contributed by atoms with Crippen molar-refractivity contribution in [2.24, 2.45) is 5.10 Å². The van der Waals surface area contributed by atoms with Crippen molar-refractivity contribution in [1.82, 2.24) is 15.4 Å². The van der Waals surface area contributed by atoms with Crippen LogP contribution in [0.1, 0.15) is 17.4 Å². The van der Waals surface area contributed by atoms with Crippen molar-refractivity contribution in [2.75, 3.05) is 7.11 Å². The van der Waals surface area contributed by atoms with Crippen LogP contribution in [0.2, 0.25) is 5.02 Å². The minimum Gasteiger partial charge on any atom is -0.452 e. The Labute approximate surface area is 173 Å². The van der Waals surface area contributed by atoms with Crippen molar-refractivity contribution < 1.29 is 19.6 Å². The number of aromatic nitrogens is 2. The van der Waals surface area contributed by atoms with Crippen molar-refractivity contribution in [3.8, 4) is 0 Å². The number of hydrazone groups is 1. The number of ether oxygens (including phenoxy) is 1. The molecule has 1 aromatic heterocycles. The van der Waals surface area contributed by atoms with Crippen LogP contribution < -0.4 is 11.0 Å². The molecular weight excluding hydrogens is 418 g/mol. The summed E-state index contributed by atoms with van der Waals surface area (Å²) in [5.74, 6) is 0. The Morgan fingerprint density at radius 2 is 2.03 bits per heavy atom. The quantitative estimate of drug-likeness (QED) is 0.317. The SMILES string of the molecule is COC(=O)N/N=C(\c1nc2ccc(Cl)cc2[nH]c1=O)[C@H](O)c1ccc([N+](=O)[O-])cc1. The third-order valence-corrected chi connectivity index (χ3v) is 4.26. The number of nitrogens with one attached hydrogen (secondary N) is 2. The minimum atomic E-state index is -1.54. The predicted molar refractivity (Wildman–Crippen MR) is 108 cm³/mol. The Hall–Kier alpha value is -3.83. The van der Waals surface area contributed by atoms with Crippen LogP contribution in [0.4, 0.5) is 10.5 Å². The zero-order chi connectivity index (χ0) is 21.8. The van der Waals surface area contributed by atoms with E-state index in [1.165, 1.54) is 30.3 Å². The molecule has 1 amide bonds. The van der Waals surface area contributed by atoms with Crippen LogP contribution in [-0.2, 0) is 4.74 Å². The molecule has 0 aliphatic carbocycles. The number of carbonyl (C=O) groups is 1. The summed E-state index contributed by atoms with van der Waals surface area (Å²) in [6.07, 6.45) is -2.48.